The van der Waals surface area contributed by atoms with Crippen LogP contribution in [-0.4, -0.2) is 27.3 Å². The Morgan fingerprint density at radius 3 is 2.62 bits per heavy atom. The Morgan fingerprint density at radius 1 is 1.29 bits per heavy atom. The lowest BCUT2D eigenvalue weighted by Crippen LogP contribution is -2.47. The van der Waals surface area contributed by atoms with Crippen molar-refractivity contribution in [1.29, 1.82) is 0 Å². The van der Waals surface area contributed by atoms with Crippen molar-refractivity contribution in [3.63, 3.8) is 0 Å². The maximum atomic E-state index is 12.2. The van der Waals surface area contributed by atoms with Gasteiger partial charge in [0.05, 0.1) is 5.39 Å². The molecule has 1 amide bonds. The van der Waals surface area contributed by atoms with E-state index in [1.807, 2.05) is 6.92 Å². The Hall–Kier alpha value is -2.48. The summed E-state index contributed by atoms with van der Waals surface area (Å²) in [7, 11) is 1.50. The van der Waals surface area contributed by atoms with Crippen molar-refractivity contribution in [2.45, 2.75) is 6.92 Å². The smallest absolute Gasteiger partial charge is 0.290 e. The second kappa shape index (κ2) is 6.31. The quantitative estimate of drug-likeness (QED) is 0.537. The molecule has 0 aliphatic heterocycles. The molecule has 0 radical (unpaired) electrons. The number of hydrazine groups is 1. The van der Waals surface area contributed by atoms with Crippen LogP contribution in [0, 0.1) is 0 Å². The van der Waals surface area contributed by atoms with E-state index in [1.165, 1.54) is 7.05 Å². The van der Waals surface area contributed by atoms with Gasteiger partial charge in [-0.25, -0.2) is 4.68 Å². The number of benzene rings is 1. The number of amides is 1. The van der Waals surface area contributed by atoms with E-state index < -0.39 is 5.91 Å². The minimum Gasteiger partial charge on any atom is -0.362 e. The van der Waals surface area contributed by atoms with Crippen LogP contribution in [0.1, 0.15) is 17.4 Å². The molecule has 3 N–H and O–H groups in total. The summed E-state index contributed by atoms with van der Waals surface area (Å²) in [5, 5.41) is 8.09. The van der Waals surface area contributed by atoms with Crippen molar-refractivity contribution in [1.82, 2.24) is 25.9 Å². The van der Waals surface area contributed by atoms with Gasteiger partial charge in [-0.15, -0.1) is 0 Å². The van der Waals surface area contributed by atoms with Gasteiger partial charge in [0.15, 0.2) is 10.8 Å². The number of aryl methyl sites for hydroxylation is 1. The molecule has 1 aromatic carbocycles. The molecule has 0 spiro atoms. The third kappa shape index (κ3) is 3.16. The first kappa shape index (κ1) is 14.9. The number of nitrogens with zero attached hydrogens (tertiary/aromatic N) is 2. The molecule has 0 aliphatic rings. The largest absolute Gasteiger partial charge is 0.362 e. The van der Waals surface area contributed by atoms with E-state index in [-0.39, 0.29) is 11.3 Å². The Balaban J connectivity index is 2.34. The molecule has 8 heteroatoms. The van der Waals surface area contributed by atoms with Crippen molar-refractivity contribution in [2.24, 2.45) is 7.05 Å². The first-order valence-corrected chi connectivity index (χ1v) is 6.75. The number of carbonyl (C=O) groups excluding carboxylic acids is 1. The number of rotatable bonds is 2. The summed E-state index contributed by atoms with van der Waals surface area (Å²) in [5.41, 5.74) is 4.93. The standard InChI is InChI=1S/C13H15N5O2S/c1-3-14-13(21)16-15-11(19)10-8-6-4-5-7-9(8)12(20)18(2)17-10/h4-7H,3H2,1-2H3,(H,15,19)(H2,14,16,21). The highest BCUT2D eigenvalue weighted by atomic mass is 32.1. The van der Waals surface area contributed by atoms with Gasteiger partial charge in [0.1, 0.15) is 0 Å². The van der Waals surface area contributed by atoms with Gasteiger partial charge >= 0.3 is 0 Å². The van der Waals surface area contributed by atoms with Crippen LogP contribution in [0.25, 0.3) is 10.8 Å². The average Bonchev–Trinajstić information content (AvgIpc) is 2.49. The summed E-state index contributed by atoms with van der Waals surface area (Å²) in [5.74, 6) is -0.470. The summed E-state index contributed by atoms with van der Waals surface area (Å²) in [6, 6.07) is 6.83. The molecular weight excluding hydrogens is 290 g/mol. The fourth-order valence-electron chi connectivity index (χ4n) is 1.84. The van der Waals surface area contributed by atoms with E-state index in [1.54, 1.807) is 24.3 Å². The van der Waals surface area contributed by atoms with E-state index >= 15 is 0 Å². The molecule has 0 unspecified atom stereocenters. The van der Waals surface area contributed by atoms with Gasteiger partial charge in [-0.3, -0.25) is 20.4 Å². The lowest BCUT2D eigenvalue weighted by atomic mass is 10.1. The highest BCUT2D eigenvalue weighted by molar-refractivity contribution is 7.80. The predicted molar refractivity (Wildman–Crippen MR) is 83.9 cm³/mol. The number of hydrogen-bond acceptors (Lipinski definition) is 4. The van der Waals surface area contributed by atoms with Gasteiger partial charge in [-0.2, -0.15) is 5.10 Å². The summed E-state index contributed by atoms with van der Waals surface area (Å²) < 4.78 is 1.14. The van der Waals surface area contributed by atoms with Gasteiger partial charge in [-0.05, 0) is 25.2 Å². The zero-order valence-corrected chi connectivity index (χ0v) is 12.5. The lowest BCUT2D eigenvalue weighted by Gasteiger charge is -2.11. The molecule has 0 aliphatic carbocycles. The van der Waals surface area contributed by atoms with Gasteiger partial charge in [0.2, 0.25) is 0 Å². The van der Waals surface area contributed by atoms with Gasteiger partial charge in [0, 0.05) is 19.0 Å². The Morgan fingerprint density at radius 2 is 1.95 bits per heavy atom. The molecule has 0 saturated heterocycles. The minimum absolute atomic E-state index is 0.152. The normalized spacial score (nSPS) is 10.2. The monoisotopic (exact) mass is 305 g/mol. The van der Waals surface area contributed by atoms with E-state index in [4.69, 9.17) is 12.2 Å². The van der Waals surface area contributed by atoms with Gasteiger partial charge in [0.25, 0.3) is 11.5 Å². The first-order valence-electron chi connectivity index (χ1n) is 6.34. The fourth-order valence-corrected chi connectivity index (χ4v) is 2.04. The van der Waals surface area contributed by atoms with Crippen molar-refractivity contribution < 1.29 is 4.79 Å². The number of hydrogen-bond donors (Lipinski definition) is 3. The van der Waals surface area contributed by atoms with Crippen LogP contribution in [-0.2, 0) is 7.05 Å². The number of aromatic nitrogens is 2. The average molecular weight is 305 g/mol. The number of thiocarbonyl (C=S) groups is 1. The molecule has 2 rings (SSSR count). The van der Waals surface area contributed by atoms with Crippen LogP contribution in [0.3, 0.4) is 0 Å². The molecule has 0 atom stereocenters. The summed E-state index contributed by atoms with van der Waals surface area (Å²) in [6.45, 7) is 2.53. The van der Waals surface area contributed by atoms with Crippen molar-refractivity contribution in [2.75, 3.05) is 6.54 Å². The summed E-state index contributed by atoms with van der Waals surface area (Å²) in [6.07, 6.45) is 0. The fraction of sp³-hybridized carbons (Fsp3) is 0.231. The Bertz CT molecular complexity index is 756. The third-order valence-electron chi connectivity index (χ3n) is 2.80. The lowest BCUT2D eigenvalue weighted by molar-refractivity contribution is 0.0938. The molecule has 1 aromatic heterocycles. The molecule has 1 heterocycles. The minimum atomic E-state index is -0.470. The molecule has 0 fully saturated rings. The first-order chi connectivity index (χ1) is 10.0. The summed E-state index contributed by atoms with van der Waals surface area (Å²) >= 11 is 4.95. The highest BCUT2D eigenvalue weighted by Crippen LogP contribution is 2.12. The molecule has 0 saturated carbocycles. The van der Waals surface area contributed by atoms with Crippen LogP contribution in [0.4, 0.5) is 0 Å². The van der Waals surface area contributed by atoms with Gasteiger partial charge < -0.3 is 5.32 Å². The van der Waals surface area contributed by atoms with Crippen LogP contribution < -0.4 is 21.7 Å². The van der Waals surface area contributed by atoms with Crippen LogP contribution in [0.5, 0.6) is 0 Å². The maximum absolute atomic E-state index is 12.2. The third-order valence-corrected chi connectivity index (χ3v) is 3.04. The van der Waals surface area contributed by atoms with Crippen molar-refractivity contribution in [3.05, 3.63) is 40.3 Å². The zero-order valence-electron chi connectivity index (χ0n) is 11.6. The number of carbonyl (C=O) groups is 1. The zero-order chi connectivity index (χ0) is 15.4. The van der Waals surface area contributed by atoms with E-state index in [0.717, 1.165) is 4.68 Å². The van der Waals surface area contributed by atoms with E-state index in [0.29, 0.717) is 22.4 Å². The highest BCUT2D eigenvalue weighted by Gasteiger charge is 2.15. The topological polar surface area (TPSA) is 88.0 Å². The molecule has 0 bridgehead atoms. The van der Waals surface area contributed by atoms with Crippen molar-refractivity contribution in [3.8, 4) is 0 Å². The van der Waals surface area contributed by atoms with Crippen molar-refractivity contribution >= 4 is 34.0 Å². The number of nitrogens with one attached hydrogen (secondary N) is 3. The predicted octanol–water partition coefficient (Wildman–Crippen LogP) is 0.0623. The second-order valence-electron chi connectivity index (χ2n) is 4.26. The molecule has 2 aromatic rings. The molecule has 110 valence electrons. The SMILES string of the molecule is CCNC(=S)NNC(=O)c1nn(C)c(=O)c2ccccc12. The Kier molecular flexibility index (Phi) is 4.49. The maximum Gasteiger partial charge on any atom is 0.290 e. The van der Waals surface area contributed by atoms with Crippen LogP contribution in [0.15, 0.2) is 29.1 Å². The second-order valence-corrected chi connectivity index (χ2v) is 4.67. The molecule has 7 nitrogen and oxygen atoms in total. The molecular formula is C13H15N5O2S. The van der Waals surface area contributed by atoms with Crippen LogP contribution >= 0.6 is 12.2 Å². The van der Waals surface area contributed by atoms with Gasteiger partial charge in [-0.1, -0.05) is 18.2 Å². The molecule has 21 heavy (non-hydrogen) atoms. The van der Waals surface area contributed by atoms with E-state index in [2.05, 4.69) is 21.3 Å². The number of fused-ring (bicyclic) bond motifs is 1. The summed E-state index contributed by atoms with van der Waals surface area (Å²) in [4.78, 5) is 24.2. The Labute approximate surface area is 126 Å². The van der Waals surface area contributed by atoms with E-state index in [9.17, 15) is 9.59 Å². The van der Waals surface area contributed by atoms with Crippen LogP contribution in [0.2, 0.25) is 0 Å².